The molecule has 140 valence electrons. The zero-order valence-corrected chi connectivity index (χ0v) is 16.2. The Hall–Kier alpha value is -2.91. The summed E-state index contributed by atoms with van der Waals surface area (Å²) in [7, 11) is 0. The minimum Gasteiger partial charge on any atom is -0.332 e. The number of H-pyrrole nitrogens is 1. The van der Waals surface area contributed by atoms with Crippen LogP contribution in [0.4, 0.5) is 0 Å². The molecule has 2 aliphatic carbocycles. The summed E-state index contributed by atoms with van der Waals surface area (Å²) in [6, 6.07) is 12.5. The van der Waals surface area contributed by atoms with Gasteiger partial charge in [-0.1, -0.05) is 12.1 Å². The lowest BCUT2D eigenvalue weighted by Crippen LogP contribution is -2.44. The van der Waals surface area contributed by atoms with E-state index in [1.165, 1.54) is 22.6 Å². The minimum absolute atomic E-state index is 0.122. The Morgan fingerprint density at radius 2 is 2.00 bits per heavy atom. The van der Waals surface area contributed by atoms with Gasteiger partial charge < -0.3 is 4.90 Å². The Morgan fingerprint density at radius 1 is 1.18 bits per heavy atom. The van der Waals surface area contributed by atoms with Gasteiger partial charge in [-0.3, -0.25) is 9.89 Å². The average Bonchev–Trinajstić information content (AvgIpc) is 3.26. The molecule has 2 aromatic heterocycles. The van der Waals surface area contributed by atoms with E-state index in [0.717, 1.165) is 48.8 Å². The van der Waals surface area contributed by atoms with Crippen LogP contribution in [-0.4, -0.2) is 33.1 Å². The van der Waals surface area contributed by atoms with Crippen LogP contribution in [0.1, 0.15) is 45.8 Å². The number of aromatic amines is 1. The summed E-state index contributed by atoms with van der Waals surface area (Å²) in [6.45, 7) is 0. The monoisotopic (exact) mass is 388 g/mol. The molecule has 1 saturated carbocycles. The van der Waals surface area contributed by atoms with E-state index >= 15 is 0 Å². The van der Waals surface area contributed by atoms with E-state index < -0.39 is 0 Å². The van der Waals surface area contributed by atoms with Gasteiger partial charge >= 0.3 is 0 Å². The van der Waals surface area contributed by atoms with Crippen molar-refractivity contribution >= 4 is 17.2 Å². The second kappa shape index (κ2) is 6.92. The van der Waals surface area contributed by atoms with Gasteiger partial charge in [0.25, 0.3) is 5.91 Å². The lowest BCUT2D eigenvalue weighted by Gasteiger charge is -2.34. The first-order valence-electron chi connectivity index (χ1n) is 9.66. The number of fused-ring (bicyclic) bond motifs is 1. The van der Waals surface area contributed by atoms with Crippen molar-refractivity contribution in [2.75, 3.05) is 0 Å². The number of amides is 1. The van der Waals surface area contributed by atoms with Crippen LogP contribution >= 0.6 is 11.3 Å². The van der Waals surface area contributed by atoms with E-state index in [4.69, 9.17) is 0 Å². The van der Waals surface area contributed by atoms with Gasteiger partial charge in [0.15, 0.2) is 0 Å². The maximum atomic E-state index is 13.3. The lowest BCUT2D eigenvalue weighted by atomic mass is 9.91. The lowest BCUT2D eigenvalue weighted by molar-refractivity contribution is 0.0643. The smallest absolute Gasteiger partial charge is 0.254 e. The zero-order chi connectivity index (χ0) is 19.1. The summed E-state index contributed by atoms with van der Waals surface area (Å²) >= 11 is 1.44. The van der Waals surface area contributed by atoms with Crippen molar-refractivity contribution in [3.8, 4) is 17.2 Å². The first kappa shape index (κ1) is 17.2. The van der Waals surface area contributed by atoms with Gasteiger partial charge in [0.05, 0.1) is 6.20 Å². The van der Waals surface area contributed by atoms with Crippen molar-refractivity contribution in [2.24, 2.45) is 0 Å². The molecule has 2 aliphatic rings. The largest absolute Gasteiger partial charge is 0.332 e. The van der Waals surface area contributed by atoms with Gasteiger partial charge in [-0.2, -0.15) is 10.4 Å². The molecule has 1 N–H and O–H groups in total. The molecule has 0 radical (unpaired) electrons. The highest BCUT2D eigenvalue weighted by molar-refractivity contribution is 7.11. The van der Waals surface area contributed by atoms with Crippen molar-refractivity contribution in [1.82, 2.24) is 15.1 Å². The molecular formula is C22H20N4OS. The van der Waals surface area contributed by atoms with Gasteiger partial charge in [0.2, 0.25) is 0 Å². The van der Waals surface area contributed by atoms with Crippen LogP contribution in [0.2, 0.25) is 0 Å². The summed E-state index contributed by atoms with van der Waals surface area (Å²) in [4.78, 5) is 16.2. The Labute approximate surface area is 167 Å². The van der Waals surface area contributed by atoms with Crippen LogP contribution < -0.4 is 0 Å². The number of nitriles is 1. The number of carbonyl (C=O) groups excluding carboxylic acids is 1. The molecule has 1 fully saturated rings. The molecule has 0 saturated heterocycles. The van der Waals surface area contributed by atoms with Crippen molar-refractivity contribution < 1.29 is 4.79 Å². The number of rotatable bonds is 4. The fourth-order valence-corrected chi connectivity index (χ4v) is 4.89. The van der Waals surface area contributed by atoms with Gasteiger partial charge in [0.1, 0.15) is 10.9 Å². The second-order valence-corrected chi connectivity index (χ2v) is 8.48. The minimum atomic E-state index is 0.122. The normalized spacial score (nSPS) is 18.3. The van der Waals surface area contributed by atoms with Crippen molar-refractivity contribution in [3.63, 3.8) is 0 Å². The van der Waals surface area contributed by atoms with Crippen molar-refractivity contribution in [2.45, 2.75) is 44.2 Å². The van der Waals surface area contributed by atoms with Gasteiger partial charge in [-0.25, -0.2) is 0 Å². The Balaban J connectivity index is 1.39. The highest BCUT2D eigenvalue weighted by Gasteiger charge is 2.39. The van der Waals surface area contributed by atoms with Crippen LogP contribution in [0.15, 0.2) is 41.9 Å². The third-order valence-electron chi connectivity index (χ3n) is 5.77. The van der Waals surface area contributed by atoms with Gasteiger partial charge in [-0.15, -0.1) is 11.3 Å². The maximum Gasteiger partial charge on any atom is 0.254 e. The van der Waals surface area contributed by atoms with Gasteiger partial charge in [0, 0.05) is 28.9 Å². The molecular weight excluding hydrogens is 368 g/mol. The molecule has 1 unspecified atom stereocenters. The highest BCUT2D eigenvalue weighted by Crippen LogP contribution is 2.35. The highest BCUT2D eigenvalue weighted by atomic mass is 32.1. The number of hydrogen-bond donors (Lipinski definition) is 1. The SMILES string of the molecule is N#Cc1sccc1-c1ccc(C(=O)N(C2CC2)C2CCc3[nH]ncc3C2)cc1. The molecule has 28 heavy (non-hydrogen) atoms. The van der Waals surface area contributed by atoms with E-state index in [1.54, 1.807) is 0 Å². The van der Waals surface area contributed by atoms with Crippen LogP contribution in [0.3, 0.4) is 0 Å². The number of thiophene rings is 1. The van der Waals surface area contributed by atoms with Crippen molar-refractivity contribution in [3.05, 3.63) is 63.6 Å². The average molecular weight is 388 g/mol. The van der Waals surface area contributed by atoms with E-state index in [2.05, 4.69) is 21.2 Å². The summed E-state index contributed by atoms with van der Waals surface area (Å²) in [6.07, 6.45) is 6.91. The predicted molar refractivity (Wildman–Crippen MR) is 108 cm³/mol. The van der Waals surface area contributed by atoms with Crippen molar-refractivity contribution in [1.29, 1.82) is 5.26 Å². The zero-order valence-electron chi connectivity index (χ0n) is 15.4. The van der Waals surface area contributed by atoms with Crippen LogP contribution in [-0.2, 0) is 12.8 Å². The van der Waals surface area contributed by atoms with Gasteiger partial charge in [-0.05, 0) is 66.8 Å². The number of nitrogens with zero attached hydrogens (tertiary/aromatic N) is 3. The number of benzene rings is 1. The number of aromatic nitrogens is 2. The fourth-order valence-electron chi connectivity index (χ4n) is 4.18. The number of aryl methyl sites for hydroxylation is 1. The van der Waals surface area contributed by atoms with Crippen LogP contribution in [0.5, 0.6) is 0 Å². The summed E-state index contributed by atoms with van der Waals surface area (Å²) in [5.74, 6) is 0.122. The molecule has 2 heterocycles. The van der Waals surface area contributed by atoms with E-state index in [1.807, 2.05) is 41.9 Å². The standard InChI is InChI=1S/C22H20N4OS/c23-12-21-19(9-10-28-21)14-1-3-15(4-2-14)22(27)26(17-5-6-17)18-7-8-20-16(11-18)13-24-25-20/h1-4,9-10,13,17-18H,5-8,11H2,(H,24,25). The van der Waals surface area contributed by atoms with E-state index in [0.29, 0.717) is 10.9 Å². The molecule has 0 spiro atoms. The third kappa shape index (κ3) is 3.02. The number of carbonyl (C=O) groups is 1. The summed E-state index contributed by atoms with van der Waals surface area (Å²) < 4.78 is 0. The predicted octanol–water partition coefficient (Wildman–Crippen LogP) is 4.17. The Morgan fingerprint density at radius 3 is 2.75 bits per heavy atom. The topological polar surface area (TPSA) is 72.8 Å². The fraction of sp³-hybridized carbons (Fsp3) is 0.318. The first-order valence-corrected chi connectivity index (χ1v) is 10.5. The van der Waals surface area contributed by atoms with Crippen LogP contribution in [0, 0.1) is 11.3 Å². The molecule has 3 aromatic rings. The molecule has 6 heteroatoms. The quantitative estimate of drug-likeness (QED) is 0.729. The first-order chi connectivity index (χ1) is 13.7. The molecule has 0 aliphatic heterocycles. The Bertz CT molecular complexity index is 1050. The second-order valence-electron chi connectivity index (χ2n) is 7.57. The van der Waals surface area contributed by atoms with Crippen LogP contribution in [0.25, 0.3) is 11.1 Å². The summed E-state index contributed by atoms with van der Waals surface area (Å²) in [5, 5.41) is 18.4. The molecule has 1 amide bonds. The molecule has 5 rings (SSSR count). The summed E-state index contributed by atoms with van der Waals surface area (Å²) in [5.41, 5.74) is 5.10. The molecule has 1 aromatic carbocycles. The third-order valence-corrected chi connectivity index (χ3v) is 6.59. The van der Waals surface area contributed by atoms with E-state index in [9.17, 15) is 10.1 Å². The molecule has 1 atom stereocenters. The number of hydrogen-bond acceptors (Lipinski definition) is 4. The maximum absolute atomic E-state index is 13.3. The van der Waals surface area contributed by atoms with E-state index in [-0.39, 0.29) is 11.9 Å². The number of nitrogens with one attached hydrogen (secondary N) is 1. The Kier molecular flexibility index (Phi) is 4.25. The molecule has 0 bridgehead atoms. The molecule has 5 nitrogen and oxygen atoms in total.